The van der Waals surface area contributed by atoms with Gasteiger partial charge < -0.3 is 15.4 Å². The molecule has 0 bridgehead atoms. The van der Waals surface area contributed by atoms with Gasteiger partial charge in [-0.2, -0.15) is 0 Å². The molecule has 0 aliphatic carbocycles. The molecule has 1 aliphatic rings. The molecular weight excluding hydrogens is 406 g/mol. The summed E-state index contributed by atoms with van der Waals surface area (Å²) in [5.41, 5.74) is 6.69. The van der Waals surface area contributed by atoms with Crippen molar-refractivity contribution in [2.24, 2.45) is 10.9 Å². The molecule has 0 saturated carbocycles. The first-order chi connectivity index (χ1) is 13.1. The highest BCUT2D eigenvalue weighted by Gasteiger charge is 2.32. The van der Waals surface area contributed by atoms with Gasteiger partial charge >= 0.3 is 0 Å². The minimum Gasteiger partial charge on any atom is -0.483 e. The molecule has 0 fully saturated rings. The van der Waals surface area contributed by atoms with Crippen molar-refractivity contribution in [2.75, 3.05) is 11.5 Å². The summed E-state index contributed by atoms with van der Waals surface area (Å²) in [5.74, 6) is -0.915. The van der Waals surface area contributed by atoms with Gasteiger partial charge in [0.05, 0.1) is 10.5 Å². The van der Waals surface area contributed by atoms with Gasteiger partial charge in [0, 0.05) is 16.8 Å². The number of amides is 2. The standard InChI is InChI=1S/C18H18ClN3O5S/c1-10-6-11-7-13(28(21,25)26)3-4-15(11)22(10)17(23)9-27-16-5-2-12(19)8-14(16)18(20)24/h2-5,7-8,10H,6,9H2,1H3,(H2,20,24)(H2,21,25,26). The van der Waals surface area contributed by atoms with Gasteiger partial charge in [-0.3, -0.25) is 9.59 Å². The fourth-order valence-electron chi connectivity index (χ4n) is 3.19. The number of carbonyl (C=O) groups is 2. The quantitative estimate of drug-likeness (QED) is 0.750. The van der Waals surface area contributed by atoms with E-state index < -0.39 is 15.9 Å². The molecule has 1 aliphatic heterocycles. The van der Waals surface area contributed by atoms with E-state index in [0.29, 0.717) is 22.7 Å². The number of hydrogen-bond acceptors (Lipinski definition) is 5. The van der Waals surface area contributed by atoms with Gasteiger partial charge in [0.25, 0.3) is 11.8 Å². The first-order valence-electron chi connectivity index (χ1n) is 8.28. The number of ether oxygens (including phenoxy) is 1. The molecule has 1 atom stereocenters. The number of sulfonamides is 1. The van der Waals surface area contributed by atoms with Crippen molar-refractivity contribution in [3.63, 3.8) is 0 Å². The second kappa shape index (κ2) is 7.42. The maximum absolute atomic E-state index is 12.7. The van der Waals surface area contributed by atoms with E-state index in [4.69, 9.17) is 27.2 Å². The largest absolute Gasteiger partial charge is 0.483 e. The summed E-state index contributed by atoms with van der Waals surface area (Å²) in [6, 6.07) is 8.55. The van der Waals surface area contributed by atoms with E-state index in [0.717, 1.165) is 0 Å². The molecule has 1 heterocycles. The predicted molar refractivity (Wildman–Crippen MR) is 104 cm³/mol. The molecule has 0 aromatic heterocycles. The van der Waals surface area contributed by atoms with E-state index in [1.807, 2.05) is 6.92 Å². The molecule has 2 amide bonds. The number of fused-ring (bicyclic) bond motifs is 1. The van der Waals surface area contributed by atoms with E-state index in [2.05, 4.69) is 0 Å². The second-order valence-electron chi connectivity index (χ2n) is 6.45. The van der Waals surface area contributed by atoms with Gasteiger partial charge in [-0.25, -0.2) is 13.6 Å². The number of benzene rings is 2. The van der Waals surface area contributed by atoms with Crippen molar-refractivity contribution < 1.29 is 22.7 Å². The fraction of sp³-hybridized carbons (Fsp3) is 0.222. The summed E-state index contributed by atoms with van der Waals surface area (Å²) in [6.07, 6.45) is 0.484. The average molecular weight is 424 g/mol. The van der Waals surface area contributed by atoms with E-state index in [9.17, 15) is 18.0 Å². The summed E-state index contributed by atoms with van der Waals surface area (Å²) < 4.78 is 28.6. The molecule has 28 heavy (non-hydrogen) atoms. The van der Waals surface area contributed by atoms with Gasteiger partial charge in [-0.15, -0.1) is 0 Å². The van der Waals surface area contributed by atoms with E-state index in [-0.39, 0.29) is 34.8 Å². The molecule has 148 valence electrons. The highest BCUT2D eigenvalue weighted by atomic mass is 35.5. The van der Waals surface area contributed by atoms with Crippen LogP contribution in [0.25, 0.3) is 0 Å². The Morgan fingerprint density at radius 3 is 2.61 bits per heavy atom. The number of halogens is 1. The number of nitrogens with two attached hydrogens (primary N) is 2. The van der Waals surface area contributed by atoms with E-state index in [1.54, 1.807) is 6.07 Å². The van der Waals surface area contributed by atoms with Gasteiger partial charge in [0.1, 0.15) is 5.75 Å². The van der Waals surface area contributed by atoms with Crippen LogP contribution in [0.4, 0.5) is 5.69 Å². The van der Waals surface area contributed by atoms with Crippen molar-refractivity contribution in [1.29, 1.82) is 0 Å². The molecule has 2 aromatic rings. The lowest BCUT2D eigenvalue weighted by Gasteiger charge is -2.23. The SMILES string of the molecule is CC1Cc2cc(S(N)(=O)=O)ccc2N1C(=O)COc1ccc(Cl)cc1C(N)=O. The van der Waals surface area contributed by atoms with Crippen molar-refractivity contribution >= 4 is 39.1 Å². The van der Waals surface area contributed by atoms with E-state index >= 15 is 0 Å². The Kier molecular flexibility index (Phi) is 5.33. The third kappa shape index (κ3) is 3.96. The Morgan fingerprint density at radius 1 is 1.25 bits per heavy atom. The highest BCUT2D eigenvalue weighted by Crippen LogP contribution is 2.34. The minimum absolute atomic E-state index is 0.00346. The number of carbonyl (C=O) groups excluding carboxylic acids is 2. The van der Waals surface area contributed by atoms with Crippen LogP contribution in [-0.2, 0) is 21.2 Å². The highest BCUT2D eigenvalue weighted by molar-refractivity contribution is 7.89. The summed E-state index contributed by atoms with van der Waals surface area (Å²) >= 11 is 5.86. The number of primary amides is 1. The zero-order chi connectivity index (χ0) is 20.6. The van der Waals surface area contributed by atoms with Crippen LogP contribution in [0.1, 0.15) is 22.8 Å². The molecule has 1 unspecified atom stereocenters. The number of primary sulfonamides is 1. The maximum Gasteiger partial charge on any atom is 0.265 e. The molecule has 3 rings (SSSR count). The average Bonchev–Trinajstić information content (AvgIpc) is 2.94. The monoisotopic (exact) mass is 423 g/mol. The number of nitrogens with zero attached hydrogens (tertiary/aromatic N) is 1. The topological polar surface area (TPSA) is 133 Å². The van der Waals surface area contributed by atoms with Crippen molar-refractivity contribution in [1.82, 2.24) is 0 Å². The molecule has 0 radical (unpaired) electrons. The lowest BCUT2D eigenvalue weighted by atomic mass is 10.1. The minimum atomic E-state index is -3.83. The first-order valence-corrected chi connectivity index (χ1v) is 10.2. The third-order valence-electron chi connectivity index (χ3n) is 4.42. The van der Waals surface area contributed by atoms with Crippen molar-refractivity contribution in [3.8, 4) is 5.75 Å². The van der Waals surface area contributed by atoms with Crippen LogP contribution in [0.15, 0.2) is 41.3 Å². The molecule has 2 aromatic carbocycles. The van der Waals surface area contributed by atoms with Gasteiger partial charge in [0.15, 0.2) is 6.61 Å². The lowest BCUT2D eigenvalue weighted by molar-refractivity contribution is -0.120. The van der Waals surface area contributed by atoms with Crippen LogP contribution < -0.4 is 20.5 Å². The number of anilines is 1. The maximum atomic E-state index is 12.7. The summed E-state index contributed by atoms with van der Waals surface area (Å²) in [5, 5.41) is 5.49. The number of rotatable bonds is 5. The molecule has 0 saturated heterocycles. The van der Waals surface area contributed by atoms with Crippen LogP contribution in [0, 0.1) is 0 Å². The van der Waals surface area contributed by atoms with Gasteiger partial charge in [-0.05, 0) is 55.3 Å². The Morgan fingerprint density at radius 2 is 1.96 bits per heavy atom. The smallest absolute Gasteiger partial charge is 0.265 e. The van der Waals surface area contributed by atoms with Crippen LogP contribution >= 0.6 is 11.6 Å². The normalized spacial score (nSPS) is 16.0. The molecule has 8 nitrogen and oxygen atoms in total. The summed E-state index contributed by atoms with van der Waals surface area (Å²) in [6.45, 7) is 1.51. The predicted octanol–water partition coefficient (Wildman–Crippen LogP) is 1.44. The summed E-state index contributed by atoms with van der Waals surface area (Å²) in [7, 11) is -3.83. The molecule has 0 spiro atoms. The zero-order valence-electron chi connectivity index (χ0n) is 14.9. The van der Waals surface area contributed by atoms with Gasteiger partial charge in [0.2, 0.25) is 10.0 Å². The Labute approximate surface area is 167 Å². The summed E-state index contributed by atoms with van der Waals surface area (Å²) in [4.78, 5) is 25.8. The Hall–Kier alpha value is -2.62. The number of hydrogen-bond donors (Lipinski definition) is 2. The second-order valence-corrected chi connectivity index (χ2v) is 8.44. The van der Waals surface area contributed by atoms with Crippen LogP contribution in [0.5, 0.6) is 5.75 Å². The fourth-order valence-corrected chi connectivity index (χ4v) is 3.93. The Bertz CT molecular complexity index is 1070. The molecule has 10 heteroatoms. The lowest BCUT2D eigenvalue weighted by Crippen LogP contribution is -2.39. The zero-order valence-corrected chi connectivity index (χ0v) is 16.5. The third-order valence-corrected chi connectivity index (χ3v) is 5.57. The van der Waals surface area contributed by atoms with Crippen molar-refractivity contribution in [3.05, 3.63) is 52.5 Å². The first kappa shape index (κ1) is 20.1. The van der Waals surface area contributed by atoms with Crippen LogP contribution in [-0.4, -0.2) is 32.9 Å². The van der Waals surface area contributed by atoms with Crippen LogP contribution in [0.3, 0.4) is 0 Å². The molecule has 4 N–H and O–H groups in total. The van der Waals surface area contributed by atoms with Crippen LogP contribution in [0.2, 0.25) is 5.02 Å². The van der Waals surface area contributed by atoms with E-state index in [1.165, 1.54) is 35.2 Å². The van der Waals surface area contributed by atoms with Crippen molar-refractivity contribution in [2.45, 2.75) is 24.3 Å². The molecular formula is C18H18ClN3O5S. The van der Waals surface area contributed by atoms with Gasteiger partial charge in [-0.1, -0.05) is 11.6 Å². The Balaban J connectivity index is 1.81.